The van der Waals surface area contributed by atoms with E-state index in [1.54, 1.807) is 0 Å². The first kappa shape index (κ1) is 18.2. The molecule has 1 aromatic rings. The van der Waals surface area contributed by atoms with Crippen LogP contribution in [0.3, 0.4) is 0 Å². The molecule has 0 radical (unpaired) electrons. The zero-order valence-electron chi connectivity index (χ0n) is 13.8. The van der Waals surface area contributed by atoms with Gasteiger partial charge >= 0.3 is 5.91 Å². The fourth-order valence-electron chi connectivity index (χ4n) is 2.25. The van der Waals surface area contributed by atoms with Gasteiger partial charge in [-0.1, -0.05) is 32.4 Å². The Kier molecular flexibility index (Phi) is 5.14. The molecular weight excluding hydrogens is 334 g/mol. The van der Waals surface area contributed by atoms with Gasteiger partial charge in [0, 0.05) is 6.54 Å². The van der Waals surface area contributed by atoms with Crippen molar-refractivity contribution in [2.45, 2.75) is 39.3 Å². The Morgan fingerprint density at radius 3 is 2.75 bits per heavy atom. The molecule has 0 aromatic carbocycles. The van der Waals surface area contributed by atoms with Crippen molar-refractivity contribution in [3.8, 4) is 0 Å². The minimum Gasteiger partial charge on any atom is -0.390 e. The van der Waals surface area contributed by atoms with Crippen molar-refractivity contribution in [2.24, 2.45) is 10.4 Å². The van der Waals surface area contributed by atoms with E-state index >= 15 is 0 Å². The molecule has 0 saturated carbocycles. The molecule has 0 bridgehead atoms. The largest absolute Gasteiger partial charge is 0.390 e. The Hall–Kier alpha value is -2.13. The maximum absolute atomic E-state index is 12.2. The summed E-state index contributed by atoms with van der Waals surface area (Å²) in [5.74, 6) is -0.666. The van der Waals surface area contributed by atoms with E-state index in [0.717, 1.165) is 6.42 Å². The van der Waals surface area contributed by atoms with Gasteiger partial charge in [-0.05, 0) is 11.8 Å². The molecule has 2 rings (SSSR count). The van der Waals surface area contributed by atoms with Gasteiger partial charge in [0.1, 0.15) is 0 Å². The first-order valence-corrected chi connectivity index (χ1v) is 7.93. The van der Waals surface area contributed by atoms with Crippen molar-refractivity contribution in [2.75, 3.05) is 18.0 Å². The van der Waals surface area contributed by atoms with Crippen LogP contribution in [-0.2, 0) is 0 Å². The van der Waals surface area contributed by atoms with Crippen LogP contribution in [0.2, 0.25) is 5.15 Å². The molecule has 1 unspecified atom stereocenters. The van der Waals surface area contributed by atoms with Crippen LogP contribution in [0, 0.1) is 5.41 Å². The number of hydrogen-bond donors (Lipinski definition) is 5. The summed E-state index contributed by atoms with van der Waals surface area (Å²) in [5.41, 5.74) is 10.7. The second-order valence-corrected chi connectivity index (χ2v) is 6.68. The van der Waals surface area contributed by atoms with Gasteiger partial charge in [-0.15, -0.1) is 0 Å². The topological polar surface area (TPSA) is 152 Å². The van der Waals surface area contributed by atoms with E-state index in [1.165, 1.54) is 0 Å². The molecule has 10 heteroatoms. The number of hydrogen-bond acceptors (Lipinski definition) is 6. The Labute approximate surface area is 144 Å². The van der Waals surface area contributed by atoms with Crippen molar-refractivity contribution in [3.63, 3.8) is 0 Å². The second kappa shape index (κ2) is 6.78. The molecule has 2 heterocycles. The first-order chi connectivity index (χ1) is 11.2. The molecule has 1 saturated heterocycles. The third-order valence-electron chi connectivity index (χ3n) is 4.23. The fourth-order valence-corrected chi connectivity index (χ4v) is 2.38. The number of aliphatic imine (C=N–C) groups is 1. The van der Waals surface area contributed by atoms with E-state index in [1.807, 2.05) is 20.8 Å². The molecule has 24 heavy (non-hydrogen) atoms. The Morgan fingerprint density at radius 2 is 2.12 bits per heavy atom. The lowest BCUT2D eigenvalue weighted by atomic mass is 9.80. The normalized spacial score (nSPS) is 20.5. The maximum atomic E-state index is 12.2. The van der Waals surface area contributed by atoms with Crippen molar-refractivity contribution in [1.82, 2.24) is 20.6 Å². The molecule has 132 valence electrons. The molecule has 2 atom stereocenters. The van der Waals surface area contributed by atoms with Crippen LogP contribution in [0.5, 0.6) is 0 Å². The number of aliphatic hydroxyl groups excluding tert-OH is 1. The first-order valence-electron chi connectivity index (χ1n) is 7.55. The number of nitrogens with one attached hydrogen (secondary N) is 2. The van der Waals surface area contributed by atoms with Crippen molar-refractivity contribution < 1.29 is 9.90 Å². The van der Waals surface area contributed by atoms with Gasteiger partial charge in [-0.2, -0.15) is 4.99 Å². The summed E-state index contributed by atoms with van der Waals surface area (Å²) < 4.78 is 0. The molecular formula is C14H22ClN7O2. The minimum atomic E-state index is -0.707. The Morgan fingerprint density at radius 1 is 1.46 bits per heavy atom. The summed E-state index contributed by atoms with van der Waals surface area (Å²) in [7, 11) is 0. The lowest BCUT2D eigenvalue weighted by molar-refractivity contribution is 0.0256. The van der Waals surface area contributed by atoms with E-state index < -0.39 is 12.0 Å². The number of nitrogens with two attached hydrogens (primary N) is 2. The van der Waals surface area contributed by atoms with Gasteiger partial charge in [0.15, 0.2) is 28.4 Å². The van der Waals surface area contributed by atoms with Gasteiger partial charge in [-0.25, -0.2) is 9.97 Å². The summed E-state index contributed by atoms with van der Waals surface area (Å²) >= 11 is 5.76. The van der Waals surface area contributed by atoms with Crippen LogP contribution in [0.4, 0.5) is 11.6 Å². The predicted octanol–water partition coefficient (Wildman–Crippen LogP) is 0.149. The lowest BCUT2D eigenvalue weighted by Gasteiger charge is -2.32. The van der Waals surface area contributed by atoms with Crippen LogP contribution >= 0.6 is 11.6 Å². The van der Waals surface area contributed by atoms with E-state index in [2.05, 4.69) is 25.6 Å². The third kappa shape index (κ3) is 3.68. The molecule has 1 aliphatic heterocycles. The van der Waals surface area contributed by atoms with E-state index in [4.69, 9.17) is 23.1 Å². The van der Waals surface area contributed by atoms with Gasteiger partial charge in [-0.3, -0.25) is 4.79 Å². The smallest absolute Gasteiger partial charge is 0.302 e. The molecule has 9 nitrogen and oxygen atoms in total. The van der Waals surface area contributed by atoms with E-state index in [9.17, 15) is 9.90 Å². The number of rotatable bonds is 4. The van der Waals surface area contributed by atoms with Crippen molar-refractivity contribution in [3.05, 3.63) is 10.8 Å². The number of carbonyl (C=O) groups excluding carboxylic acids is 1. The molecule has 0 aliphatic carbocycles. The Bertz CT molecular complexity index is 677. The van der Waals surface area contributed by atoms with Gasteiger partial charge in [0.2, 0.25) is 0 Å². The van der Waals surface area contributed by atoms with Gasteiger partial charge in [0.05, 0.1) is 12.1 Å². The van der Waals surface area contributed by atoms with Crippen molar-refractivity contribution >= 4 is 35.1 Å². The van der Waals surface area contributed by atoms with Crippen LogP contribution in [0.25, 0.3) is 0 Å². The second-order valence-electron chi connectivity index (χ2n) is 6.32. The number of guanidine groups is 1. The Balaban J connectivity index is 2.13. The number of carbonyl (C=O) groups is 1. The highest BCUT2D eigenvalue weighted by Crippen LogP contribution is 2.27. The predicted molar refractivity (Wildman–Crippen MR) is 92.6 cm³/mol. The number of nitrogen functional groups attached to an aromatic ring is 2. The molecule has 1 aromatic heterocycles. The van der Waals surface area contributed by atoms with Gasteiger partial charge in [0.25, 0.3) is 0 Å². The summed E-state index contributed by atoms with van der Waals surface area (Å²) in [4.78, 5) is 23.6. The SMILES string of the molecule is CCC(C)(C)[C@H](O)C1CN/C(=N/C(=O)c2nc(Cl)c(N)nc2N)N1. The van der Waals surface area contributed by atoms with Crippen LogP contribution in [-0.4, -0.2) is 45.6 Å². The summed E-state index contributed by atoms with van der Waals surface area (Å²) in [6.45, 7) is 6.41. The monoisotopic (exact) mass is 355 g/mol. The molecule has 1 amide bonds. The number of amides is 1. The quantitative estimate of drug-likeness (QED) is 0.511. The fraction of sp³-hybridized carbons (Fsp3) is 0.571. The standard InChI is InChI=1S/C14H22ClN7O2/c1-4-14(2,3)8(23)6-5-18-13(19-6)22-12(24)7-10(16)21-11(17)9(15)20-7/h6,8,23H,4-5H2,1-3H3,(H4,16,17,21)(H2,18,19,22,24)/t6?,8-/m1/s1. The number of anilines is 2. The molecule has 0 spiro atoms. The summed E-state index contributed by atoms with van der Waals surface area (Å²) in [6.07, 6.45) is 0.210. The molecule has 7 N–H and O–H groups in total. The average molecular weight is 356 g/mol. The van der Waals surface area contributed by atoms with Crippen molar-refractivity contribution in [1.29, 1.82) is 0 Å². The number of aromatic nitrogens is 2. The van der Waals surface area contributed by atoms with E-state index in [0.29, 0.717) is 6.54 Å². The molecule has 1 aliphatic rings. The highest BCUT2D eigenvalue weighted by molar-refractivity contribution is 6.31. The number of nitrogens with zero attached hydrogens (tertiary/aromatic N) is 3. The highest BCUT2D eigenvalue weighted by atomic mass is 35.5. The highest BCUT2D eigenvalue weighted by Gasteiger charge is 2.36. The minimum absolute atomic E-state index is 0.0551. The number of aliphatic hydroxyl groups is 1. The summed E-state index contributed by atoms with van der Waals surface area (Å²) in [6, 6.07) is -0.259. The molecule has 1 fully saturated rings. The maximum Gasteiger partial charge on any atom is 0.302 e. The van der Waals surface area contributed by atoms with Crippen LogP contribution in [0.1, 0.15) is 37.7 Å². The van der Waals surface area contributed by atoms with Gasteiger partial charge < -0.3 is 27.2 Å². The summed E-state index contributed by atoms with van der Waals surface area (Å²) in [5, 5.41) is 16.3. The third-order valence-corrected chi connectivity index (χ3v) is 4.50. The lowest BCUT2D eigenvalue weighted by Crippen LogP contribution is -2.46. The van der Waals surface area contributed by atoms with Crippen LogP contribution in [0.15, 0.2) is 4.99 Å². The zero-order valence-corrected chi connectivity index (χ0v) is 14.6. The average Bonchev–Trinajstić information content (AvgIpc) is 2.98. The van der Waals surface area contributed by atoms with Crippen LogP contribution < -0.4 is 22.1 Å². The van der Waals surface area contributed by atoms with E-state index in [-0.39, 0.29) is 39.9 Å². The number of halogens is 1. The zero-order chi connectivity index (χ0) is 18.1.